The van der Waals surface area contributed by atoms with E-state index in [0.29, 0.717) is 0 Å². The molecule has 0 aromatic heterocycles. The van der Waals surface area contributed by atoms with Gasteiger partial charge in [0.05, 0.1) is 12.6 Å². The molecule has 1 saturated heterocycles. The van der Waals surface area contributed by atoms with E-state index < -0.39 is 5.54 Å². The molecule has 0 bridgehead atoms. The Bertz CT molecular complexity index is 592. The van der Waals surface area contributed by atoms with Gasteiger partial charge in [-0.2, -0.15) is 4.99 Å². The summed E-state index contributed by atoms with van der Waals surface area (Å²) < 4.78 is 11.6. The van der Waals surface area contributed by atoms with E-state index >= 15 is 0 Å². The lowest BCUT2D eigenvalue weighted by molar-refractivity contribution is 0.197. The van der Waals surface area contributed by atoms with E-state index in [2.05, 4.69) is 16.9 Å². The third kappa shape index (κ3) is 2.74. The summed E-state index contributed by atoms with van der Waals surface area (Å²) in [6, 6.07) is 5.87. The van der Waals surface area contributed by atoms with Crippen molar-refractivity contribution in [2.24, 2.45) is 4.99 Å². The Morgan fingerprint density at radius 2 is 2.18 bits per heavy atom. The lowest BCUT2D eigenvalue weighted by atomic mass is 9.72. The van der Waals surface area contributed by atoms with Crippen molar-refractivity contribution in [1.29, 1.82) is 0 Å². The van der Waals surface area contributed by atoms with Crippen LogP contribution in [0.1, 0.15) is 31.2 Å². The van der Waals surface area contributed by atoms with Crippen LogP contribution in [-0.4, -0.2) is 44.3 Å². The van der Waals surface area contributed by atoms with Crippen LogP contribution in [0.15, 0.2) is 23.2 Å². The molecule has 2 aliphatic rings. The fourth-order valence-corrected chi connectivity index (χ4v) is 3.29. The molecule has 1 saturated carbocycles. The number of hydrogen-bond donors (Lipinski definition) is 0. The number of rotatable bonds is 5. The van der Waals surface area contributed by atoms with Gasteiger partial charge < -0.3 is 14.4 Å². The van der Waals surface area contributed by atoms with Gasteiger partial charge >= 0.3 is 0 Å². The molecule has 1 unspecified atom stereocenters. The Morgan fingerprint density at radius 3 is 2.73 bits per heavy atom. The molecule has 0 spiro atoms. The number of nitrogens with zero attached hydrogens (tertiary/aromatic N) is 2. The molecule has 1 heterocycles. The molecule has 0 amide bonds. The first-order chi connectivity index (χ1) is 10.7. The highest BCUT2D eigenvalue weighted by molar-refractivity contribution is 5.47. The Kier molecular flexibility index (Phi) is 4.19. The number of benzene rings is 1. The van der Waals surface area contributed by atoms with Crippen LogP contribution in [0.3, 0.4) is 0 Å². The number of carbonyl (C=O) groups excluding carboxylic acids is 1. The lowest BCUT2D eigenvalue weighted by Gasteiger charge is -2.37. The van der Waals surface area contributed by atoms with Crippen molar-refractivity contribution in [1.82, 2.24) is 4.90 Å². The molecule has 0 radical (unpaired) electrons. The van der Waals surface area contributed by atoms with Crippen molar-refractivity contribution in [2.75, 3.05) is 27.2 Å². The summed E-state index contributed by atoms with van der Waals surface area (Å²) >= 11 is 0. The summed E-state index contributed by atoms with van der Waals surface area (Å²) in [5.41, 5.74) is 0.614. The number of ether oxygens (including phenoxy) is 2. The summed E-state index contributed by atoms with van der Waals surface area (Å²) in [5, 5.41) is 0. The molecule has 2 fully saturated rings. The second-order valence-corrected chi connectivity index (χ2v) is 6.24. The molecule has 118 valence electrons. The minimum atomic E-state index is -0.404. The van der Waals surface area contributed by atoms with Gasteiger partial charge in [0.2, 0.25) is 6.08 Å². The average molecular weight is 302 g/mol. The first-order valence-electron chi connectivity index (χ1n) is 7.79. The average Bonchev–Trinajstić information content (AvgIpc) is 2.88. The van der Waals surface area contributed by atoms with Gasteiger partial charge in [0, 0.05) is 13.1 Å². The highest BCUT2D eigenvalue weighted by Gasteiger charge is 2.39. The molecule has 5 nitrogen and oxygen atoms in total. The fourth-order valence-electron chi connectivity index (χ4n) is 3.29. The highest BCUT2D eigenvalue weighted by atomic mass is 16.5. The van der Waals surface area contributed by atoms with Gasteiger partial charge in [0.15, 0.2) is 11.5 Å². The topological polar surface area (TPSA) is 51.1 Å². The third-order valence-corrected chi connectivity index (χ3v) is 4.78. The monoisotopic (exact) mass is 302 g/mol. The molecular formula is C17H22N2O3. The van der Waals surface area contributed by atoms with Gasteiger partial charge in [-0.3, -0.25) is 0 Å². The molecular weight excluding hydrogens is 280 g/mol. The normalized spacial score (nSPS) is 23.5. The molecule has 22 heavy (non-hydrogen) atoms. The molecule has 1 aromatic carbocycles. The number of isocyanates is 1. The second kappa shape index (κ2) is 6.11. The molecule has 1 atom stereocenters. The molecule has 1 aliphatic carbocycles. The van der Waals surface area contributed by atoms with Gasteiger partial charge in [-0.1, -0.05) is 6.07 Å². The predicted molar refractivity (Wildman–Crippen MR) is 83.2 cm³/mol. The first kappa shape index (κ1) is 15.1. The van der Waals surface area contributed by atoms with Gasteiger partial charge in [0.25, 0.3) is 0 Å². The maximum absolute atomic E-state index is 10.8. The zero-order valence-electron chi connectivity index (χ0n) is 13.2. The van der Waals surface area contributed by atoms with Crippen LogP contribution in [-0.2, 0) is 10.3 Å². The van der Waals surface area contributed by atoms with Crippen LogP contribution in [0.2, 0.25) is 0 Å². The summed E-state index contributed by atoms with van der Waals surface area (Å²) in [6.07, 6.45) is 5.79. The summed E-state index contributed by atoms with van der Waals surface area (Å²) in [6.45, 7) is 1.97. The number of likely N-dealkylation sites (tertiary alicyclic amines) is 1. The Labute approximate surface area is 130 Å². The van der Waals surface area contributed by atoms with Crippen LogP contribution in [0, 0.1) is 0 Å². The van der Waals surface area contributed by atoms with Crippen LogP contribution in [0.4, 0.5) is 0 Å². The van der Waals surface area contributed by atoms with Gasteiger partial charge in [-0.25, -0.2) is 4.79 Å². The third-order valence-electron chi connectivity index (χ3n) is 4.78. The zero-order valence-corrected chi connectivity index (χ0v) is 13.2. The number of aliphatic imine (C=N–C) groups is 1. The highest BCUT2D eigenvalue weighted by Crippen LogP contribution is 2.46. The maximum Gasteiger partial charge on any atom is 0.235 e. The second-order valence-electron chi connectivity index (χ2n) is 6.24. The molecule has 3 rings (SSSR count). The van der Waals surface area contributed by atoms with E-state index in [1.807, 2.05) is 18.2 Å². The van der Waals surface area contributed by atoms with Crippen molar-refractivity contribution in [3.05, 3.63) is 23.8 Å². The molecule has 1 aromatic rings. The summed E-state index contributed by atoms with van der Waals surface area (Å²) in [5.74, 6) is 1.47. The Morgan fingerprint density at radius 1 is 1.36 bits per heavy atom. The molecule has 1 aliphatic heterocycles. The maximum atomic E-state index is 10.8. The summed E-state index contributed by atoms with van der Waals surface area (Å²) in [7, 11) is 3.74. The van der Waals surface area contributed by atoms with Crippen molar-refractivity contribution in [3.63, 3.8) is 0 Å². The standard InChI is InChI=1S/C17H22N2O3/c1-19-9-6-14(11-19)22-16-10-13(4-5-15(16)21-2)17(18-12-20)7-3-8-17/h4-5,10,14H,3,6-9,11H2,1-2H3. The van der Waals surface area contributed by atoms with Crippen molar-refractivity contribution < 1.29 is 14.3 Å². The van der Waals surface area contributed by atoms with Crippen molar-refractivity contribution in [2.45, 2.75) is 37.3 Å². The Hall–Kier alpha value is -1.84. The van der Waals surface area contributed by atoms with E-state index in [-0.39, 0.29) is 6.10 Å². The zero-order chi connectivity index (χ0) is 15.6. The molecule has 5 heteroatoms. The number of methoxy groups -OCH3 is 1. The number of hydrogen-bond acceptors (Lipinski definition) is 5. The van der Waals surface area contributed by atoms with E-state index in [1.165, 1.54) is 0 Å². The minimum absolute atomic E-state index is 0.182. The van der Waals surface area contributed by atoms with Gasteiger partial charge in [-0.15, -0.1) is 0 Å². The van der Waals surface area contributed by atoms with Crippen LogP contribution < -0.4 is 9.47 Å². The lowest BCUT2D eigenvalue weighted by Crippen LogP contribution is -2.32. The van der Waals surface area contributed by atoms with Crippen LogP contribution >= 0.6 is 0 Å². The van der Waals surface area contributed by atoms with Crippen LogP contribution in [0.5, 0.6) is 11.5 Å². The van der Waals surface area contributed by atoms with Crippen molar-refractivity contribution in [3.8, 4) is 11.5 Å². The van der Waals surface area contributed by atoms with Crippen molar-refractivity contribution >= 4 is 6.08 Å². The first-order valence-corrected chi connectivity index (χ1v) is 7.79. The quantitative estimate of drug-likeness (QED) is 0.619. The van der Waals surface area contributed by atoms with Gasteiger partial charge in [0.1, 0.15) is 6.10 Å². The van der Waals surface area contributed by atoms with E-state index in [9.17, 15) is 4.79 Å². The largest absolute Gasteiger partial charge is 0.493 e. The SMILES string of the molecule is COc1ccc(C2(N=C=O)CCC2)cc1OC1CCN(C)C1. The van der Waals surface area contributed by atoms with Crippen LogP contribution in [0.25, 0.3) is 0 Å². The minimum Gasteiger partial charge on any atom is -0.493 e. The summed E-state index contributed by atoms with van der Waals surface area (Å²) in [4.78, 5) is 17.1. The van der Waals surface area contributed by atoms with Gasteiger partial charge in [-0.05, 0) is 50.4 Å². The fraction of sp³-hybridized carbons (Fsp3) is 0.588. The number of likely N-dealkylation sites (N-methyl/N-ethyl adjacent to an activating group) is 1. The Balaban J connectivity index is 1.87. The smallest absolute Gasteiger partial charge is 0.235 e. The van der Waals surface area contributed by atoms with E-state index in [0.717, 1.165) is 55.8 Å². The van der Waals surface area contributed by atoms with E-state index in [1.54, 1.807) is 13.2 Å². The predicted octanol–water partition coefficient (Wildman–Crippen LogP) is 2.49. The van der Waals surface area contributed by atoms with E-state index in [4.69, 9.17) is 9.47 Å². The molecule has 0 N–H and O–H groups in total.